The Kier molecular flexibility index (Phi) is 3.32. The van der Waals surface area contributed by atoms with Crippen LogP contribution in [0.3, 0.4) is 0 Å². The Balaban J connectivity index is 2.93. The molecule has 1 aromatic carbocycles. The molecule has 0 aliphatic carbocycles. The third-order valence-electron chi connectivity index (χ3n) is 1.38. The van der Waals surface area contributed by atoms with Crippen LogP contribution in [0.4, 0.5) is 0 Å². The number of hydrogen-bond donors (Lipinski definition) is 1. The zero-order valence-electron chi connectivity index (χ0n) is 6.18. The molecule has 64 valence electrons. The lowest BCUT2D eigenvalue weighted by Crippen LogP contribution is -2.11. The molecular weight excluding hydrogens is 213 g/mol. The standard InChI is InChI=1S/C8H7Cl2NS/c9-6-2-1-5(3-8(11)12)7(10)4-6/h1-2,4H,3H2,(H2,11,12). The average molecular weight is 220 g/mol. The minimum atomic E-state index is 0.430. The summed E-state index contributed by atoms with van der Waals surface area (Å²) in [7, 11) is 0. The fourth-order valence-electron chi connectivity index (χ4n) is 0.853. The Hall–Kier alpha value is -0.310. The van der Waals surface area contributed by atoms with Gasteiger partial charge in [0.2, 0.25) is 0 Å². The molecule has 1 nitrogen and oxygen atoms in total. The fourth-order valence-corrected chi connectivity index (χ4v) is 1.48. The maximum Gasteiger partial charge on any atom is 0.0772 e. The summed E-state index contributed by atoms with van der Waals surface area (Å²) in [6.07, 6.45) is 0.519. The van der Waals surface area contributed by atoms with Gasteiger partial charge in [0.05, 0.1) is 4.99 Å². The van der Waals surface area contributed by atoms with Crippen LogP contribution in [0.25, 0.3) is 0 Å². The van der Waals surface area contributed by atoms with E-state index in [0.29, 0.717) is 21.5 Å². The molecule has 0 radical (unpaired) electrons. The minimum Gasteiger partial charge on any atom is -0.393 e. The molecule has 1 rings (SSSR count). The zero-order valence-corrected chi connectivity index (χ0v) is 8.51. The highest BCUT2D eigenvalue weighted by Gasteiger charge is 2.01. The molecule has 0 amide bonds. The van der Waals surface area contributed by atoms with Crippen LogP contribution in [0.1, 0.15) is 5.56 Å². The van der Waals surface area contributed by atoms with Gasteiger partial charge in [-0.3, -0.25) is 0 Å². The van der Waals surface area contributed by atoms with Gasteiger partial charge >= 0.3 is 0 Å². The maximum atomic E-state index is 5.87. The summed E-state index contributed by atoms with van der Waals surface area (Å²) in [6, 6.07) is 5.27. The first-order valence-electron chi connectivity index (χ1n) is 3.32. The van der Waals surface area contributed by atoms with E-state index in [-0.39, 0.29) is 0 Å². The zero-order chi connectivity index (χ0) is 9.14. The van der Waals surface area contributed by atoms with Crippen molar-refractivity contribution in [3.8, 4) is 0 Å². The summed E-state index contributed by atoms with van der Waals surface area (Å²) in [5.74, 6) is 0. The molecule has 0 atom stereocenters. The normalized spacial score (nSPS) is 9.83. The van der Waals surface area contributed by atoms with E-state index in [1.807, 2.05) is 6.07 Å². The van der Waals surface area contributed by atoms with E-state index in [2.05, 4.69) is 0 Å². The van der Waals surface area contributed by atoms with Crippen LogP contribution < -0.4 is 5.73 Å². The molecule has 0 fully saturated rings. The van der Waals surface area contributed by atoms with E-state index in [4.69, 9.17) is 41.2 Å². The first-order valence-corrected chi connectivity index (χ1v) is 4.48. The second-order valence-electron chi connectivity index (χ2n) is 2.38. The number of rotatable bonds is 2. The smallest absolute Gasteiger partial charge is 0.0772 e. The lowest BCUT2D eigenvalue weighted by Gasteiger charge is -2.02. The number of hydrogen-bond acceptors (Lipinski definition) is 1. The summed E-state index contributed by atoms with van der Waals surface area (Å²) in [4.78, 5) is 0.430. The van der Waals surface area contributed by atoms with Gasteiger partial charge in [-0.05, 0) is 17.7 Å². The fraction of sp³-hybridized carbons (Fsp3) is 0.125. The molecule has 1 aromatic rings. The van der Waals surface area contributed by atoms with Gasteiger partial charge in [0.15, 0.2) is 0 Å². The van der Waals surface area contributed by atoms with Gasteiger partial charge < -0.3 is 5.73 Å². The molecule has 12 heavy (non-hydrogen) atoms. The number of halogens is 2. The summed E-state index contributed by atoms with van der Waals surface area (Å²) >= 11 is 16.3. The van der Waals surface area contributed by atoms with Gasteiger partial charge in [0.25, 0.3) is 0 Å². The first kappa shape index (κ1) is 9.78. The molecule has 0 unspecified atom stereocenters. The van der Waals surface area contributed by atoms with E-state index in [1.54, 1.807) is 12.1 Å². The van der Waals surface area contributed by atoms with E-state index >= 15 is 0 Å². The van der Waals surface area contributed by atoms with Crippen molar-refractivity contribution in [1.29, 1.82) is 0 Å². The molecule has 0 bridgehead atoms. The molecule has 4 heteroatoms. The number of thiocarbonyl (C=S) groups is 1. The van der Waals surface area contributed by atoms with Crippen molar-refractivity contribution in [2.24, 2.45) is 5.73 Å². The van der Waals surface area contributed by atoms with Crippen LogP contribution in [0.5, 0.6) is 0 Å². The Morgan fingerprint density at radius 3 is 2.58 bits per heavy atom. The summed E-state index contributed by atoms with van der Waals surface area (Å²) in [5.41, 5.74) is 6.28. The molecular formula is C8H7Cl2NS. The van der Waals surface area contributed by atoms with Crippen LogP contribution >= 0.6 is 35.4 Å². The highest BCUT2D eigenvalue weighted by Crippen LogP contribution is 2.21. The molecule has 0 saturated carbocycles. The van der Waals surface area contributed by atoms with Crippen molar-refractivity contribution in [2.45, 2.75) is 6.42 Å². The topological polar surface area (TPSA) is 26.0 Å². The van der Waals surface area contributed by atoms with Crippen molar-refractivity contribution < 1.29 is 0 Å². The Morgan fingerprint density at radius 2 is 2.08 bits per heavy atom. The molecule has 0 aliphatic heterocycles. The first-order chi connectivity index (χ1) is 5.59. The highest BCUT2D eigenvalue weighted by atomic mass is 35.5. The SMILES string of the molecule is NC(=S)Cc1ccc(Cl)cc1Cl. The lowest BCUT2D eigenvalue weighted by molar-refractivity contribution is 1.33. The van der Waals surface area contributed by atoms with Gasteiger partial charge in [-0.15, -0.1) is 0 Å². The molecule has 2 N–H and O–H groups in total. The summed E-state index contributed by atoms with van der Waals surface area (Å²) in [5, 5.41) is 1.22. The van der Waals surface area contributed by atoms with Gasteiger partial charge in [0, 0.05) is 16.5 Å². The Morgan fingerprint density at radius 1 is 1.42 bits per heavy atom. The molecule has 0 spiro atoms. The quantitative estimate of drug-likeness (QED) is 0.775. The van der Waals surface area contributed by atoms with Crippen LogP contribution in [0, 0.1) is 0 Å². The van der Waals surface area contributed by atoms with Crippen LogP contribution in [-0.4, -0.2) is 4.99 Å². The number of benzene rings is 1. The predicted octanol–water partition coefficient (Wildman–Crippen LogP) is 2.82. The van der Waals surface area contributed by atoms with Crippen LogP contribution in [0.15, 0.2) is 18.2 Å². The highest BCUT2D eigenvalue weighted by molar-refractivity contribution is 7.80. The maximum absolute atomic E-state index is 5.87. The van der Waals surface area contributed by atoms with Crippen LogP contribution in [0.2, 0.25) is 10.0 Å². The van der Waals surface area contributed by atoms with Gasteiger partial charge in [-0.2, -0.15) is 0 Å². The van der Waals surface area contributed by atoms with Crippen molar-refractivity contribution in [2.75, 3.05) is 0 Å². The molecule has 0 aliphatic rings. The monoisotopic (exact) mass is 219 g/mol. The second kappa shape index (κ2) is 4.08. The second-order valence-corrected chi connectivity index (χ2v) is 3.75. The Labute approximate surface area is 86.5 Å². The largest absolute Gasteiger partial charge is 0.393 e. The van der Waals surface area contributed by atoms with E-state index < -0.39 is 0 Å². The van der Waals surface area contributed by atoms with Crippen molar-refractivity contribution in [3.63, 3.8) is 0 Å². The third-order valence-corrected chi connectivity index (χ3v) is 2.11. The van der Waals surface area contributed by atoms with E-state index in [0.717, 1.165) is 5.56 Å². The molecule has 0 saturated heterocycles. The van der Waals surface area contributed by atoms with Crippen molar-refractivity contribution in [3.05, 3.63) is 33.8 Å². The Bertz CT molecular complexity index is 312. The molecule has 0 heterocycles. The van der Waals surface area contributed by atoms with Gasteiger partial charge in [-0.1, -0.05) is 41.5 Å². The minimum absolute atomic E-state index is 0.430. The van der Waals surface area contributed by atoms with Crippen molar-refractivity contribution in [1.82, 2.24) is 0 Å². The summed E-state index contributed by atoms with van der Waals surface area (Å²) in [6.45, 7) is 0. The van der Waals surface area contributed by atoms with Crippen LogP contribution in [-0.2, 0) is 6.42 Å². The predicted molar refractivity (Wildman–Crippen MR) is 57.0 cm³/mol. The van der Waals surface area contributed by atoms with E-state index in [1.165, 1.54) is 0 Å². The van der Waals surface area contributed by atoms with E-state index in [9.17, 15) is 0 Å². The lowest BCUT2D eigenvalue weighted by atomic mass is 10.1. The average Bonchev–Trinajstić information content (AvgIpc) is 1.94. The number of nitrogens with two attached hydrogens (primary N) is 1. The third kappa shape index (κ3) is 2.63. The van der Waals surface area contributed by atoms with Crippen molar-refractivity contribution >= 4 is 40.4 Å². The molecule has 0 aromatic heterocycles. The summed E-state index contributed by atoms with van der Waals surface area (Å²) < 4.78 is 0. The van der Waals surface area contributed by atoms with Gasteiger partial charge in [-0.25, -0.2) is 0 Å². The van der Waals surface area contributed by atoms with Gasteiger partial charge in [0.1, 0.15) is 0 Å².